The number of hydrogen-bond donors (Lipinski definition) is 3. The van der Waals surface area contributed by atoms with Crippen molar-refractivity contribution in [2.75, 3.05) is 0 Å². The molecule has 0 saturated heterocycles. The summed E-state index contributed by atoms with van der Waals surface area (Å²) in [6.45, 7) is 1.50. The predicted octanol–water partition coefficient (Wildman–Crippen LogP) is -0.779. The van der Waals surface area contributed by atoms with E-state index >= 15 is 0 Å². The third-order valence-corrected chi connectivity index (χ3v) is 3.20. The van der Waals surface area contributed by atoms with Crippen LogP contribution in [-0.2, 0) is 15.7 Å². The second-order valence-corrected chi connectivity index (χ2v) is 4.45. The summed E-state index contributed by atoms with van der Waals surface area (Å²) in [4.78, 5) is 11.1. The van der Waals surface area contributed by atoms with Gasteiger partial charge in [0, 0.05) is 12.0 Å². The van der Waals surface area contributed by atoms with Gasteiger partial charge in [-0.15, -0.1) is 0 Å². The van der Waals surface area contributed by atoms with E-state index in [0.29, 0.717) is 19.3 Å². The first kappa shape index (κ1) is 11.6. The fourth-order valence-electron chi connectivity index (χ4n) is 1.80. The Labute approximate surface area is 84.6 Å². The van der Waals surface area contributed by atoms with Crippen molar-refractivity contribution in [3.05, 3.63) is 0 Å². The van der Waals surface area contributed by atoms with Gasteiger partial charge in [-0.2, -0.15) is 0 Å². The Hall–Kier alpha value is -0.460. The Morgan fingerprint density at radius 2 is 2.07 bits per heavy atom. The zero-order chi connectivity index (χ0) is 10.7. The number of rotatable bonds is 3. The Bertz CT molecular complexity index is 281. The summed E-state index contributed by atoms with van der Waals surface area (Å²) in [5, 5.41) is 9.48. The lowest BCUT2D eigenvalue weighted by atomic mass is 9.82. The highest BCUT2D eigenvalue weighted by molar-refractivity contribution is 7.70. The van der Waals surface area contributed by atoms with Crippen LogP contribution in [0.3, 0.4) is 0 Å². The topological polar surface area (TPSA) is 83.5 Å². The lowest BCUT2D eigenvalue weighted by molar-refractivity contribution is -0.122. The van der Waals surface area contributed by atoms with Crippen molar-refractivity contribution in [2.45, 2.75) is 38.3 Å². The number of Topliss-reactive ketones (excluding diaryl/α,β-unsaturated/α-hetero) is 1. The van der Waals surface area contributed by atoms with Crippen molar-refractivity contribution in [3.8, 4) is 0 Å². The number of carbonyl (C=O) groups excluding carboxylic acids is 1. The van der Waals surface area contributed by atoms with Crippen molar-refractivity contribution in [1.82, 2.24) is 4.72 Å². The first-order chi connectivity index (χ1) is 6.50. The minimum absolute atomic E-state index is 0.0600. The SMILES string of the molecule is CC(=O)[C@H]1CC[C@@H](O)[C@H](N[SH](=O)=O)C1. The van der Waals surface area contributed by atoms with Crippen molar-refractivity contribution >= 4 is 16.7 Å². The maximum atomic E-state index is 11.1. The van der Waals surface area contributed by atoms with Gasteiger partial charge in [0.1, 0.15) is 5.78 Å². The van der Waals surface area contributed by atoms with Crippen LogP contribution in [0.15, 0.2) is 0 Å². The van der Waals surface area contributed by atoms with Gasteiger partial charge < -0.3 is 5.11 Å². The molecule has 0 aliphatic heterocycles. The maximum Gasteiger partial charge on any atom is 0.201 e. The van der Waals surface area contributed by atoms with E-state index in [2.05, 4.69) is 4.72 Å². The van der Waals surface area contributed by atoms with E-state index in [1.165, 1.54) is 6.92 Å². The summed E-state index contributed by atoms with van der Waals surface area (Å²) in [6, 6.07) is -0.501. The second-order valence-electron chi connectivity index (χ2n) is 3.68. The Kier molecular flexibility index (Phi) is 4.03. The highest BCUT2D eigenvalue weighted by Crippen LogP contribution is 2.25. The van der Waals surface area contributed by atoms with E-state index in [0.717, 1.165) is 0 Å². The average molecular weight is 221 g/mol. The van der Waals surface area contributed by atoms with Gasteiger partial charge in [-0.3, -0.25) is 4.79 Å². The molecule has 14 heavy (non-hydrogen) atoms. The molecule has 0 unspecified atom stereocenters. The molecule has 1 aliphatic carbocycles. The molecule has 0 amide bonds. The van der Waals surface area contributed by atoms with Gasteiger partial charge >= 0.3 is 0 Å². The molecule has 0 aromatic heterocycles. The summed E-state index contributed by atoms with van der Waals surface area (Å²) in [7, 11) is -2.71. The fraction of sp³-hybridized carbons (Fsp3) is 0.875. The minimum Gasteiger partial charge on any atom is -0.391 e. The molecule has 0 spiro atoms. The molecule has 1 rings (SSSR count). The van der Waals surface area contributed by atoms with Crippen LogP contribution in [0.1, 0.15) is 26.2 Å². The van der Waals surface area contributed by atoms with E-state index in [1.807, 2.05) is 0 Å². The number of hydrogen-bond acceptors (Lipinski definition) is 4. The largest absolute Gasteiger partial charge is 0.391 e. The molecule has 5 nitrogen and oxygen atoms in total. The van der Waals surface area contributed by atoms with Crippen LogP contribution >= 0.6 is 0 Å². The summed E-state index contributed by atoms with van der Waals surface area (Å²) >= 11 is 0. The summed E-state index contributed by atoms with van der Waals surface area (Å²) < 4.78 is 23.1. The third-order valence-electron chi connectivity index (χ3n) is 2.66. The van der Waals surface area contributed by atoms with Crippen LogP contribution in [0.5, 0.6) is 0 Å². The first-order valence-corrected chi connectivity index (χ1v) is 5.77. The fourth-order valence-corrected chi connectivity index (χ4v) is 2.35. The van der Waals surface area contributed by atoms with Gasteiger partial charge in [-0.05, 0) is 26.2 Å². The number of nitrogens with one attached hydrogen (secondary N) is 1. The van der Waals surface area contributed by atoms with Gasteiger partial charge in [0.05, 0.1) is 6.10 Å². The van der Waals surface area contributed by atoms with E-state index < -0.39 is 23.0 Å². The maximum absolute atomic E-state index is 11.1. The molecule has 1 aliphatic rings. The number of carbonyl (C=O) groups is 1. The van der Waals surface area contributed by atoms with Crippen LogP contribution in [-0.4, -0.2) is 31.5 Å². The quantitative estimate of drug-likeness (QED) is 0.546. The first-order valence-electron chi connectivity index (χ1n) is 4.59. The predicted molar refractivity (Wildman–Crippen MR) is 51.3 cm³/mol. The number of aliphatic hydroxyl groups is 1. The summed E-state index contributed by atoms with van der Waals surface area (Å²) in [6.07, 6.45) is 0.855. The van der Waals surface area contributed by atoms with E-state index in [1.54, 1.807) is 0 Å². The van der Waals surface area contributed by atoms with Gasteiger partial charge in [-0.1, -0.05) is 0 Å². The Morgan fingerprint density at radius 1 is 1.43 bits per heavy atom. The Morgan fingerprint density at radius 3 is 2.57 bits per heavy atom. The summed E-state index contributed by atoms with van der Waals surface area (Å²) in [5.41, 5.74) is 0. The van der Waals surface area contributed by atoms with Crippen LogP contribution in [0.2, 0.25) is 0 Å². The molecule has 0 aromatic rings. The molecule has 1 saturated carbocycles. The zero-order valence-corrected chi connectivity index (χ0v) is 8.87. The van der Waals surface area contributed by atoms with Crippen LogP contribution in [0, 0.1) is 5.92 Å². The number of ketones is 1. The lowest BCUT2D eigenvalue weighted by Crippen LogP contribution is -2.44. The number of aliphatic hydroxyl groups excluding tert-OH is 1. The molecule has 1 fully saturated rings. The monoisotopic (exact) mass is 221 g/mol. The van der Waals surface area contributed by atoms with Gasteiger partial charge in [-0.25, -0.2) is 13.1 Å². The molecule has 0 heterocycles. The van der Waals surface area contributed by atoms with Crippen LogP contribution < -0.4 is 4.72 Å². The normalized spacial score (nSPS) is 33.2. The van der Waals surface area contributed by atoms with Crippen LogP contribution in [0.25, 0.3) is 0 Å². The van der Waals surface area contributed by atoms with Crippen molar-refractivity contribution in [2.24, 2.45) is 5.92 Å². The molecule has 0 aromatic carbocycles. The van der Waals surface area contributed by atoms with Gasteiger partial charge in [0.2, 0.25) is 10.9 Å². The molecule has 0 bridgehead atoms. The number of thiol groups is 1. The van der Waals surface area contributed by atoms with E-state index in [4.69, 9.17) is 0 Å². The molecule has 0 radical (unpaired) electrons. The second kappa shape index (κ2) is 4.86. The van der Waals surface area contributed by atoms with Crippen molar-refractivity contribution in [3.63, 3.8) is 0 Å². The van der Waals surface area contributed by atoms with Crippen LogP contribution in [0.4, 0.5) is 0 Å². The Balaban J connectivity index is 2.59. The molecular formula is C8H15NO4S. The molecule has 6 heteroatoms. The third kappa shape index (κ3) is 3.04. The molecule has 2 N–H and O–H groups in total. The lowest BCUT2D eigenvalue weighted by Gasteiger charge is -2.31. The average Bonchev–Trinajstić information content (AvgIpc) is 2.07. The highest BCUT2D eigenvalue weighted by atomic mass is 32.2. The molecule has 3 atom stereocenters. The standard InChI is InChI=1S/C8H15NO4S/c1-5(10)6-2-3-8(11)7(4-6)9-14(12)13/h6-8,11,14H,2-4H2,1H3,(H,9,12,13)/t6-,7+,8+/m0/s1. The van der Waals surface area contributed by atoms with E-state index in [9.17, 15) is 18.3 Å². The minimum atomic E-state index is -2.71. The van der Waals surface area contributed by atoms with Crippen molar-refractivity contribution < 1.29 is 18.3 Å². The van der Waals surface area contributed by atoms with Gasteiger partial charge in [0.25, 0.3) is 0 Å². The smallest absolute Gasteiger partial charge is 0.201 e. The zero-order valence-electron chi connectivity index (χ0n) is 7.97. The summed E-state index contributed by atoms with van der Waals surface area (Å²) in [5.74, 6) is -0.0596. The molecular weight excluding hydrogens is 206 g/mol. The van der Waals surface area contributed by atoms with Crippen molar-refractivity contribution in [1.29, 1.82) is 0 Å². The highest BCUT2D eigenvalue weighted by Gasteiger charge is 2.31. The molecule has 82 valence electrons. The van der Waals surface area contributed by atoms with Gasteiger partial charge in [0.15, 0.2) is 0 Å². The van der Waals surface area contributed by atoms with E-state index in [-0.39, 0.29) is 11.7 Å².